The van der Waals surface area contributed by atoms with Crippen LogP contribution in [-0.4, -0.2) is 40.7 Å². The molecule has 1 saturated heterocycles. The summed E-state index contributed by atoms with van der Waals surface area (Å²) in [4.78, 5) is 4.88. The van der Waals surface area contributed by atoms with Gasteiger partial charge in [-0.1, -0.05) is 6.07 Å². The zero-order valence-corrected chi connectivity index (χ0v) is 21.3. The van der Waals surface area contributed by atoms with Crippen LogP contribution in [0.15, 0.2) is 53.4 Å². The number of sulfonamides is 1. The first-order valence-corrected chi connectivity index (χ1v) is 13.4. The fourth-order valence-corrected chi connectivity index (χ4v) is 6.56. The summed E-state index contributed by atoms with van der Waals surface area (Å²) in [5.74, 6) is 0.488. The average Bonchev–Trinajstić information content (AvgIpc) is 3.19. The number of aryl methyl sites for hydroxylation is 2. The van der Waals surface area contributed by atoms with Crippen molar-refractivity contribution in [2.45, 2.75) is 44.7 Å². The Balaban J connectivity index is 1.63. The van der Waals surface area contributed by atoms with Gasteiger partial charge in [0.2, 0.25) is 0 Å². The van der Waals surface area contributed by atoms with E-state index in [1.54, 1.807) is 24.5 Å². The second-order valence-corrected chi connectivity index (χ2v) is 11.7. The van der Waals surface area contributed by atoms with Gasteiger partial charge < -0.3 is 15.0 Å². The number of nitrogens with zero attached hydrogens (tertiary/aromatic N) is 1. The second-order valence-electron chi connectivity index (χ2n) is 8.75. The molecule has 6 nitrogen and oxygen atoms in total. The molecule has 33 heavy (non-hydrogen) atoms. The predicted molar refractivity (Wildman–Crippen MR) is 137 cm³/mol. The third kappa shape index (κ3) is 5.18. The molecule has 0 amide bonds. The van der Waals surface area contributed by atoms with Crippen molar-refractivity contribution < 1.29 is 13.2 Å². The lowest BCUT2D eigenvalue weighted by molar-refractivity contribution is 0.406. The van der Waals surface area contributed by atoms with Crippen LogP contribution in [0.1, 0.15) is 24.3 Å². The highest BCUT2D eigenvalue weighted by Gasteiger charge is 2.24. The summed E-state index contributed by atoms with van der Waals surface area (Å²) in [5.41, 5.74) is 3.12. The molecule has 1 aliphatic heterocycles. The van der Waals surface area contributed by atoms with E-state index < -0.39 is 10.0 Å². The van der Waals surface area contributed by atoms with Gasteiger partial charge in [-0.15, -0.1) is 11.3 Å². The largest absolute Gasteiger partial charge is 0.495 e. The van der Waals surface area contributed by atoms with Crippen molar-refractivity contribution in [1.82, 2.24) is 5.32 Å². The third-order valence-electron chi connectivity index (χ3n) is 5.84. The summed E-state index contributed by atoms with van der Waals surface area (Å²) in [6, 6.07) is 16.0. The lowest BCUT2D eigenvalue weighted by Gasteiger charge is -2.38. The molecule has 176 valence electrons. The van der Waals surface area contributed by atoms with Crippen LogP contribution in [0.2, 0.25) is 0 Å². The number of methoxy groups -OCH3 is 1. The number of piperazine rings is 1. The van der Waals surface area contributed by atoms with Crippen molar-refractivity contribution in [1.29, 1.82) is 0 Å². The van der Waals surface area contributed by atoms with E-state index in [9.17, 15) is 8.42 Å². The van der Waals surface area contributed by atoms with Crippen molar-refractivity contribution in [3.63, 3.8) is 0 Å². The van der Waals surface area contributed by atoms with E-state index in [0.29, 0.717) is 29.1 Å². The van der Waals surface area contributed by atoms with Crippen molar-refractivity contribution in [2.24, 2.45) is 0 Å². The Morgan fingerprint density at radius 2 is 1.76 bits per heavy atom. The normalized spacial score (nSPS) is 18.9. The zero-order valence-electron chi connectivity index (χ0n) is 19.7. The van der Waals surface area contributed by atoms with Crippen LogP contribution in [-0.2, 0) is 10.0 Å². The minimum Gasteiger partial charge on any atom is -0.495 e. The topological polar surface area (TPSA) is 70.7 Å². The van der Waals surface area contributed by atoms with E-state index >= 15 is 0 Å². The van der Waals surface area contributed by atoms with E-state index in [0.717, 1.165) is 29.2 Å². The van der Waals surface area contributed by atoms with E-state index in [1.165, 1.54) is 4.88 Å². The first kappa shape index (κ1) is 23.6. The van der Waals surface area contributed by atoms with Crippen LogP contribution < -0.4 is 19.7 Å². The summed E-state index contributed by atoms with van der Waals surface area (Å²) in [6.07, 6.45) is 0. The Labute approximate surface area is 200 Å². The van der Waals surface area contributed by atoms with E-state index in [1.807, 2.05) is 37.3 Å². The van der Waals surface area contributed by atoms with Crippen LogP contribution in [0.4, 0.5) is 11.4 Å². The number of benzene rings is 2. The number of ether oxygens (including phenoxy) is 1. The van der Waals surface area contributed by atoms with Gasteiger partial charge in [0.15, 0.2) is 0 Å². The van der Waals surface area contributed by atoms with Gasteiger partial charge in [-0.05, 0) is 81.3 Å². The molecule has 0 saturated carbocycles. The molecule has 3 aromatic rings. The maximum atomic E-state index is 13.3. The van der Waals surface area contributed by atoms with Crippen molar-refractivity contribution >= 4 is 32.7 Å². The average molecular weight is 486 g/mol. The smallest absolute Gasteiger partial charge is 0.262 e. The molecule has 2 atom stereocenters. The van der Waals surface area contributed by atoms with E-state index in [4.69, 9.17) is 4.74 Å². The summed E-state index contributed by atoms with van der Waals surface area (Å²) < 4.78 is 34.9. The quantitative estimate of drug-likeness (QED) is 0.513. The van der Waals surface area contributed by atoms with Gasteiger partial charge in [0.1, 0.15) is 5.75 Å². The van der Waals surface area contributed by atoms with Crippen LogP contribution in [0.25, 0.3) is 10.4 Å². The van der Waals surface area contributed by atoms with Crippen molar-refractivity contribution in [3.05, 3.63) is 59.0 Å². The third-order valence-corrected chi connectivity index (χ3v) is 8.41. The molecule has 0 aliphatic carbocycles. The maximum absolute atomic E-state index is 13.3. The highest BCUT2D eigenvalue weighted by atomic mass is 32.2. The Bertz CT molecular complexity index is 1240. The molecule has 4 rings (SSSR count). The monoisotopic (exact) mass is 485 g/mol. The zero-order chi connectivity index (χ0) is 23.8. The lowest BCUT2D eigenvalue weighted by Crippen LogP contribution is -2.54. The van der Waals surface area contributed by atoms with Gasteiger partial charge >= 0.3 is 0 Å². The van der Waals surface area contributed by atoms with Crippen LogP contribution in [0, 0.1) is 13.8 Å². The van der Waals surface area contributed by atoms with Crippen molar-refractivity contribution in [2.75, 3.05) is 29.8 Å². The first-order chi connectivity index (χ1) is 15.7. The molecule has 0 spiro atoms. The number of hydrogen-bond acceptors (Lipinski definition) is 6. The number of rotatable bonds is 6. The molecule has 8 heteroatoms. The van der Waals surface area contributed by atoms with Gasteiger partial charge in [0, 0.05) is 40.6 Å². The van der Waals surface area contributed by atoms with Crippen molar-refractivity contribution in [3.8, 4) is 16.2 Å². The second kappa shape index (κ2) is 9.37. The molecule has 0 radical (unpaired) electrons. The fraction of sp³-hybridized carbons (Fsp3) is 0.360. The SMILES string of the molecule is COc1ccc(N2C[C@@H](C)N[C@@H](C)C2)cc1NS(=O)(=O)c1ccc(-c2ccc(C)s2)cc1C. The van der Waals surface area contributed by atoms with Gasteiger partial charge in [0.25, 0.3) is 10.0 Å². The molecule has 2 N–H and O–H groups in total. The lowest BCUT2D eigenvalue weighted by atomic mass is 10.1. The Morgan fingerprint density at radius 3 is 2.36 bits per heavy atom. The molecule has 1 aliphatic rings. The Hall–Kier alpha value is -2.55. The van der Waals surface area contributed by atoms with Gasteiger partial charge in [-0.25, -0.2) is 8.42 Å². The molecule has 1 fully saturated rings. The Kier molecular flexibility index (Phi) is 6.70. The standard InChI is InChI=1S/C25H31N3O3S2/c1-16-12-20(24-10-6-19(4)32-24)7-11-25(16)33(29,30)27-22-13-21(8-9-23(22)31-5)28-14-17(2)26-18(3)15-28/h6-13,17-18,26-27H,14-15H2,1-5H3/t17-,18+. The van der Waals surface area contributed by atoms with Gasteiger partial charge in [-0.2, -0.15) is 0 Å². The molecule has 0 bridgehead atoms. The predicted octanol–water partition coefficient (Wildman–Crippen LogP) is 5.03. The minimum absolute atomic E-state index is 0.261. The fourth-order valence-electron chi connectivity index (χ4n) is 4.40. The summed E-state index contributed by atoms with van der Waals surface area (Å²) >= 11 is 1.70. The van der Waals surface area contributed by atoms with Crippen LogP contribution in [0.5, 0.6) is 5.75 Å². The molecular formula is C25H31N3O3S2. The minimum atomic E-state index is -3.80. The first-order valence-electron chi connectivity index (χ1n) is 11.1. The molecular weight excluding hydrogens is 454 g/mol. The van der Waals surface area contributed by atoms with Gasteiger partial charge in [0.05, 0.1) is 17.7 Å². The van der Waals surface area contributed by atoms with E-state index in [2.05, 4.69) is 47.8 Å². The van der Waals surface area contributed by atoms with E-state index in [-0.39, 0.29) is 4.90 Å². The molecule has 2 aromatic carbocycles. The van der Waals surface area contributed by atoms with Gasteiger partial charge in [-0.3, -0.25) is 4.72 Å². The number of hydrogen-bond donors (Lipinski definition) is 2. The number of thiophene rings is 1. The number of nitrogens with one attached hydrogen (secondary N) is 2. The molecule has 1 aromatic heterocycles. The Morgan fingerprint density at radius 1 is 1.03 bits per heavy atom. The maximum Gasteiger partial charge on any atom is 0.262 e. The highest BCUT2D eigenvalue weighted by Crippen LogP contribution is 2.34. The molecule has 0 unspecified atom stereocenters. The summed E-state index contributed by atoms with van der Waals surface area (Å²) in [7, 11) is -2.25. The summed E-state index contributed by atoms with van der Waals surface area (Å²) in [5, 5.41) is 3.52. The number of anilines is 2. The summed E-state index contributed by atoms with van der Waals surface area (Å²) in [6.45, 7) is 9.90. The molecule has 2 heterocycles. The van der Waals surface area contributed by atoms with Crippen LogP contribution >= 0.6 is 11.3 Å². The van der Waals surface area contributed by atoms with Crippen LogP contribution in [0.3, 0.4) is 0 Å². The highest BCUT2D eigenvalue weighted by molar-refractivity contribution is 7.92.